The third-order valence-corrected chi connectivity index (χ3v) is 7.37. The summed E-state index contributed by atoms with van der Waals surface area (Å²) in [7, 11) is 0. The molecule has 10 heteroatoms. The molecule has 9 nitrogen and oxygen atoms in total. The molecular weight excluding hydrogens is 440 g/mol. The molecule has 0 saturated carbocycles. The lowest BCUT2D eigenvalue weighted by atomic mass is 10.0. The molecule has 0 spiro atoms. The highest BCUT2D eigenvalue weighted by Crippen LogP contribution is 2.36. The number of fused-ring (bicyclic) bond motifs is 2. The van der Waals surface area contributed by atoms with E-state index >= 15 is 0 Å². The van der Waals surface area contributed by atoms with E-state index in [4.69, 9.17) is 10.5 Å². The molecule has 2 aliphatic heterocycles. The molecule has 1 aromatic heterocycles. The van der Waals surface area contributed by atoms with Gasteiger partial charge in [-0.15, -0.1) is 11.8 Å². The summed E-state index contributed by atoms with van der Waals surface area (Å²) in [5, 5.41) is 15.5. The second-order valence-corrected chi connectivity index (χ2v) is 9.45. The number of hydrogen-bond donors (Lipinski definition) is 3. The molecule has 2 amide bonds. The van der Waals surface area contributed by atoms with E-state index in [0.717, 1.165) is 29.0 Å². The van der Waals surface area contributed by atoms with Crippen LogP contribution < -0.4 is 21.3 Å². The Hall–Kier alpha value is -3.13. The maximum absolute atomic E-state index is 12.4. The molecule has 4 N–H and O–H groups in total. The van der Waals surface area contributed by atoms with Gasteiger partial charge < -0.3 is 21.1 Å². The van der Waals surface area contributed by atoms with E-state index in [-0.39, 0.29) is 24.0 Å². The van der Waals surface area contributed by atoms with Gasteiger partial charge in [-0.2, -0.15) is 5.26 Å². The second-order valence-electron chi connectivity index (χ2n) is 8.44. The average Bonchev–Trinajstić information content (AvgIpc) is 3.35. The molecule has 33 heavy (non-hydrogen) atoms. The van der Waals surface area contributed by atoms with Gasteiger partial charge in [0.15, 0.2) is 0 Å². The predicted octanol–water partition coefficient (Wildman–Crippen LogP) is 2.17. The number of hydrogen-bond acceptors (Lipinski definition) is 8. The molecule has 3 atom stereocenters. The largest absolute Gasteiger partial charge is 0.444 e. The number of amides is 2. The maximum Gasteiger partial charge on any atom is 0.415 e. The summed E-state index contributed by atoms with van der Waals surface area (Å²) >= 11 is 1.43. The molecule has 5 rings (SSSR count). The minimum Gasteiger partial charge on any atom is -0.444 e. The van der Waals surface area contributed by atoms with Gasteiger partial charge in [0.25, 0.3) is 0 Å². The fourth-order valence-corrected chi connectivity index (χ4v) is 5.36. The van der Waals surface area contributed by atoms with Crippen molar-refractivity contribution in [1.29, 1.82) is 5.26 Å². The summed E-state index contributed by atoms with van der Waals surface area (Å²) in [6.07, 6.45) is 0.780. The zero-order valence-corrected chi connectivity index (χ0v) is 18.7. The highest BCUT2D eigenvalue weighted by atomic mass is 32.2. The van der Waals surface area contributed by atoms with E-state index in [1.165, 1.54) is 16.7 Å². The summed E-state index contributed by atoms with van der Waals surface area (Å²) in [4.78, 5) is 30.9. The number of anilines is 2. The van der Waals surface area contributed by atoms with E-state index < -0.39 is 6.09 Å². The van der Waals surface area contributed by atoms with Gasteiger partial charge in [-0.25, -0.2) is 9.78 Å². The van der Waals surface area contributed by atoms with E-state index in [9.17, 15) is 14.9 Å². The average molecular weight is 465 g/mol. The number of aromatic nitrogens is 1. The minimum absolute atomic E-state index is 0.0886. The van der Waals surface area contributed by atoms with Crippen LogP contribution in [-0.2, 0) is 16.0 Å². The van der Waals surface area contributed by atoms with Crippen LogP contribution in [0.3, 0.4) is 0 Å². The van der Waals surface area contributed by atoms with Crippen molar-refractivity contribution in [1.82, 2.24) is 10.3 Å². The number of cyclic esters (lactones) is 1. The Bertz CT molecular complexity index is 1150. The zero-order valence-electron chi connectivity index (χ0n) is 17.9. The summed E-state index contributed by atoms with van der Waals surface area (Å²) in [5.74, 6) is 1.45. The van der Waals surface area contributed by atoms with Crippen molar-refractivity contribution in [3.8, 4) is 6.07 Å². The van der Waals surface area contributed by atoms with Crippen LogP contribution in [0, 0.1) is 17.2 Å². The van der Waals surface area contributed by atoms with Crippen LogP contribution in [-0.4, -0.2) is 48.5 Å². The quantitative estimate of drug-likeness (QED) is 0.554. The lowest BCUT2D eigenvalue weighted by Gasteiger charge is -2.18. The standard InChI is InChI=1S/C23H24N6O3S/c24-9-13-2-1-3-16-17(13)8-14(21(16)25)10-26-7-6-15-11-29(23(31)32-15)19-5-4-18-22(27-19)28-20(30)12-33-18/h1-5,14-15,21,26H,6-8,10-12,25H2,(H,27,28,30). The normalized spacial score (nSPS) is 23.5. The van der Waals surface area contributed by atoms with E-state index in [0.29, 0.717) is 42.5 Å². The first-order valence-electron chi connectivity index (χ1n) is 10.9. The Morgan fingerprint density at radius 1 is 1.33 bits per heavy atom. The SMILES string of the molecule is N#Cc1cccc2c1CC(CNCCC1CN(c3ccc4c(n3)NC(=O)CS4)C(=O)O1)C2N. The van der Waals surface area contributed by atoms with Crippen LogP contribution in [0.25, 0.3) is 0 Å². The number of nitrogens with two attached hydrogens (primary N) is 1. The lowest BCUT2D eigenvalue weighted by Crippen LogP contribution is -2.31. The molecular formula is C23H24N6O3S. The topological polar surface area (TPSA) is 133 Å². The van der Waals surface area contributed by atoms with Crippen molar-refractivity contribution in [3.63, 3.8) is 0 Å². The van der Waals surface area contributed by atoms with E-state index in [1.807, 2.05) is 24.3 Å². The Labute approximate surface area is 195 Å². The summed E-state index contributed by atoms with van der Waals surface area (Å²) in [6, 6.07) is 11.5. The molecule has 3 unspecified atom stereocenters. The van der Waals surface area contributed by atoms with Gasteiger partial charge in [-0.3, -0.25) is 9.69 Å². The summed E-state index contributed by atoms with van der Waals surface area (Å²) < 4.78 is 5.52. The Kier molecular flexibility index (Phi) is 5.93. The number of nitrogens with zero attached hydrogens (tertiary/aromatic N) is 3. The van der Waals surface area contributed by atoms with E-state index in [1.54, 1.807) is 6.07 Å². The first-order valence-corrected chi connectivity index (χ1v) is 11.9. The Balaban J connectivity index is 1.12. The molecule has 1 saturated heterocycles. The first-order chi connectivity index (χ1) is 16.0. The van der Waals surface area contributed by atoms with Crippen LogP contribution in [0.2, 0.25) is 0 Å². The highest BCUT2D eigenvalue weighted by Gasteiger charge is 2.34. The number of pyridine rings is 1. The van der Waals surface area contributed by atoms with Crippen molar-refractivity contribution in [2.75, 3.05) is 35.6 Å². The fourth-order valence-electron chi connectivity index (χ4n) is 4.61. The number of nitriles is 1. The van der Waals surface area contributed by atoms with Gasteiger partial charge in [-0.05, 0) is 54.6 Å². The number of thioether (sulfide) groups is 1. The first kappa shape index (κ1) is 21.7. The molecule has 1 aliphatic carbocycles. The van der Waals surface area contributed by atoms with Crippen molar-refractivity contribution in [2.24, 2.45) is 11.7 Å². The number of carbonyl (C=O) groups excluding carboxylic acids is 2. The third-order valence-electron chi connectivity index (χ3n) is 6.33. The molecule has 0 radical (unpaired) electrons. The second kappa shape index (κ2) is 9.02. The number of carbonyl (C=O) groups is 2. The third kappa shape index (κ3) is 4.27. The van der Waals surface area contributed by atoms with Gasteiger partial charge in [0, 0.05) is 12.6 Å². The number of benzene rings is 1. The van der Waals surface area contributed by atoms with Crippen molar-refractivity contribution < 1.29 is 14.3 Å². The van der Waals surface area contributed by atoms with Gasteiger partial charge >= 0.3 is 6.09 Å². The number of rotatable bonds is 6. The van der Waals surface area contributed by atoms with Gasteiger partial charge in [0.1, 0.15) is 17.7 Å². The van der Waals surface area contributed by atoms with Gasteiger partial charge in [-0.1, -0.05) is 12.1 Å². The van der Waals surface area contributed by atoms with Crippen LogP contribution in [0.15, 0.2) is 35.2 Å². The number of ether oxygens (including phenoxy) is 1. The summed E-state index contributed by atoms with van der Waals surface area (Å²) in [5.41, 5.74) is 9.25. The molecule has 3 aliphatic rings. The summed E-state index contributed by atoms with van der Waals surface area (Å²) in [6.45, 7) is 1.82. The highest BCUT2D eigenvalue weighted by molar-refractivity contribution is 8.00. The minimum atomic E-state index is -0.431. The maximum atomic E-state index is 12.4. The molecule has 170 valence electrons. The zero-order chi connectivity index (χ0) is 22.9. The van der Waals surface area contributed by atoms with E-state index in [2.05, 4.69) is 21.7 Å². The lowest BCUT2D eigenvalue weighted by molar-refractivity contribution is -0.113. The van der Waals surface area contributed by atoms with Crippen LogP contribution in [0.5, 0.6) is 0 Å². The van der Waals surface area contributed by atoms with Gasteiger partial charge in [0.2, 0.25) is 5.91 Å². The van der Waals surface area contributed by atoms with Crippen molar-refractivity contribution >= 4 is 35.4 Å². The fraction of sp³-hybridized carbons (Fsp3) is 0.391. The Morgan fingerprint density at radius 2 is 2.21 bits per heavy atom. The molecule has 1 fully saturated rings. The van der Waals surface area contributed by atoms with Crippen molar-refractivity contribution in [2.45, 2.75) is 29.9 Å². The van der Waals surface area contributed by atoms with Gasteiger partial charge in [0.05, 0.1) is 28.8 Å². The molecule has 0 bridgehead atoms. The molecule has 3 heterocycles. The molecule has 1 aromatic carbocycles. The smallest absolute Gasteiger partial charge is 0.415 e. The monoisotopic (exact) mass is 464 g/mol. The van der Waals surface area contributed by atoms with Crippen molar-refractivity contribution in [3.05, 3.63) is 47.0 Å². The van der Waals surface area contributed by atoms with Crippen LogP contribution in [0.1, 0.15) is 29.2 Å². The molecule has 2 aromatic rings. The number of nitrogens with one attached hydrogen (secondary N) is 2. The van der Waals surface area contributed by atoms with Crippen LogP contribution in [0.4, 0.5) is 16.4 Å². The Morgan fingerprint density at radius 3 is 3.06 bits per heavy atom. The predicted molar refractivity (Wildman–Crippen MR) is 124 cm³/mol. The van der Waals surface area contributed by atoms with Crippen LogP contribution >= 0.6 is 11.8 Å².